The van der Waals surface area contributed by atoms with Gasteiger partial charge in [-0.2, -0.15) is 0 Å². The van der Waals surface area contributed by atoms with Crippen LogP contribution in [0.1, 0.15) is 73.6 Å². The molecule has 0 bridgehead atoms. The Bertz CT molecular complexity index is 327. The van der Waals surface area contributed by atoms with Crippen LogP contribution in [-0.4, -0.2) is 11.8 Å². The van der Waals surface area contributed by atoms with E-state index in [1.807, 2.05) is 34.6 Å². The first kappa shape index (κ1) is 17.9. The highest BCUT2D eigenvalue weighted by atomic mass is 15.1. The van der Waals surface area contributed by atoms with E-state index in [2.05, 4.69) is 23.8 Å². The van der Waals surface area contributed by atoms with Gasteiger partial charge in [0.05, 0.1) is 0 Å². The third kappa shape index (κ3) is 7.19. The van der Waals surface area contributed by atoms with Crippen molar-refractivity contribution < 1.29 is 0 Å². The number of aliphatic imine (C=N–C) groups is 1. The molecule has 0 aromatic carbocycles. The Morgan fingerprint density at radius 2 is 1.53 bits per heavy atom. The lowest BCUT2D eigenvalue weighted by Gasteiger charge is -2.25. The molecule has 1 fully saturated rings. The molecule has 19 heavy (non-hydrogen) atoms. The molecule has 110 valence electrons. The lowest BCUT2D eigenvalue weighted by atomic mass is 9.95. The molecule has 0 aliphatic heterocycles. The van der Waals surface area contributed by atoms with Gasteiger partial charge in [0.1, 0.15) is 5.82 Å². The molecular formula is C17H32N2. The number of nitrogens with one attached hydrogen (secondary N) is 1. The van der Waals surface area contributed by atoms with Gasteiger partial charge in [0.25, 0.3) is 0 Å². The fourth-order valence-corrected chi connectivity index (χ4v) is 2.09. The first-order chi connectivity index (χ1) is 9.00. The van der Waals surface area contributed by atoms with Gasteiger partial charge >= 0.3 is 0 Å². The van der Waals surface area contributed by atoms with Crippen LogP contribution >= 0.6 is 0 Å². The first-order valence-corrected chi connectivity index (χ1v) is 7.66. The van der Waals surface area contributed by atoms with E-state index in [-0.39, 0.29) is 0 Å². The fraction of sp³-hybridized carbons (Fsp3) is 0.706. The van der Waals surface area contributed by atoms with E-state index in [9.17, 15) is 0 Å². The Morgan fingerprint density at radius 3 is 1.95 bits per heavy atom. The maximum Gasteiger partial charge on any atom is 0.129 e. The Morgan fingerprint density at radius 1 is 1.00 bits per heavy atom. The summed E-state index contributed by atoms with van der Waals surface area (Å²) in [7, 11) is 0. The number of hydrogen-bond donors (Lipinski definition) is 1. The maximum atomic E-state index is 4.62. The zero-order valence-electron chi connectivity index (χ0n) is 13.8. The van der Waals surface area contributed by atoms with E-state index in [1.54, 1.807) is 0 Å². The Balaban J connectivity index is 0.00000154. The largest absolute Gasteiger partial charge is 0.367 e. The monoisotopic (exact) mass is 264 g/mol. The Labute approximate surface area is 120 Å². The van der Waals surface area contributed by atoms with Crippen molar-refractivity contribution in [3.63, 3.8) is 0 Å². The molecule has 0 aromatic rings. The zero-order chi connectivity index (χ0) is 14.8. The number of allylic oxidation sites excluding steroid dienone is 2. The van der Waals surface area contributed by atoms with Gasteiger partial charge in [-0.3, -0.25) is 0 Å². The summed E-state index contributed by atoms with van der Waals surface area (Å²) in [5, 5.41) is 3.60. The third-order valence-corrected chi connectivity index (χ3v) is 3.28. The highest BCUT2D eigenvalue weighted by molar-refractivity contribution is 5.80. The van der Waals surface area contributed by atoms with Crippen LogP contribution in [0.4, 0.5) is 0 Å². The molecule has 0 amide bonds. The summed E-state index contributed by atoms with van der Waals surface area (Å²) in [5.41, 5.74) is 3.36. The van der Waals surface area contributed by atoms with Gasteiger partial charge < -0.3 is 5.32 Å². The van der Waals surface area contributed by atoms with Crippen LogP contribution in [0.2, 0.25) is 0 Å². The van der Waals surface area contributed by atoms with E-state index in [1.165, 1.54) is 37.7 Å². The van der Waals surface area contributed by atoms with Crippen LogP contribution in [-0.2, 0) is 0 Å². The van der Waals surface area contributed by atoms with Gasteiger partial charge in [0.15, 0.2) is 0 Å². The summed E-state index contributed by atoms with van der Waals surface area (Å²) >= 11 is 0. The summed E-state index contributed by atoms with van der Waals surface area (Å²) in [4.78, 5) is 4.62. The smallest absolute Gasteiger partial charge is 0.129 e. The van der Waals surface area contributed by atoms with E-state index in [0.29, 0.717) is 6.04 Å². The third-order valence-electron chi connectivity index (χ3n) is 3.28. The van der Waals surface area contributed by atoms with Crippen molar-refractivity contribution in [2.45, 2.75) is 79.7 Å². The summed E-state index contributed by atoms with van der Waals surface area (Å²) in [6.45, 7) is 16.2. The molecule has 1 N–H and O–H groups in total. The van der Waals surface area contributed by atoms with E-state index < -0.39 is 0 Å². The van der Waals surface area contributed by atoms with Crippen molar-refractivity contribution in [3.8, 4) is 0 Å². The second-order valence-corrected chi connectivity index (χ2v) is 5.29. The topological polar surface area (TPSA) is 24.4 Å². The molecule has 0 aromatic heterocycles. The van der Waals surface area contributed by atoms with Crippen LogP contribution in [0.3, 0.4) is 0 Å². The summed E-state index contributed by atoms with van der Waals surface area (Å²) in [6, 6.07) is 0.594. The van der Waals surface area contributed by atoms with Crippen molar-refractivity contribution in [2.75, 3.05) is 0 Å². The predicted octanol–water partition coefficient (Wildman–Crippen LogP) is 5.22. The van der Waals surface area contributed by atoms with Gasteiger partial charge in [0, 0.05) is 11.8 Å². The van der Waals surface area contributed by atoms with E-state index >= 15 is 0 Å². The second-order valence-electron chi connectivity index (χ2n) is 5.29. The summed E-state index contributed by atoms with van der Waals surface area (Å²) < 4.78 is 0. The van der Waals surface area contributed by atoms with Crippen LogP contribution in [0.5, 0.6) is 0 Å². The normalized spacial score (nSPS) is 16.7. The fourth-order valence-electron chi connectivity index (χ4n) is 2.09. The molecular weight excluding hydrogens is 232 g/mol. The predicted molar refractivity (Wildman–Crippen MR) is 87.7 cm³/mol. The van der Waals surface area contributed by atoms with Crippen molar-refractivity contribution in [3.05, 3.63) is 23.5 Å². The average Bonchev–Trinajstić information content (AvgIpc) is 2.40. The van der Waals surface area contributed by atoms with Crippen LogP contribution < -0.4 is 5.32 Å². The molecule has 1 aliphatic rings. The van der Waals surface area contributed by atoms with Crippen LogP contribution in [0.25, 0.3) is 0 Å². The van der Waals surface area contributed by atoms with Gasteiger partial charge in [-0.05, 0) is 46.1 Å². The average molecular weight is 264 g/mol. The molecule has 0 unspecified atom stereocenters. The number of nitrogens with zero attached hydrogens (tertiary/aromatic N) is 1. The van der Waals surface area contributed by atoms with Crippen LogP contribution in [0.15, 0.2) is 28.5 Å². The first-order valence-electron chi connectivity index (χ1n) is 7.66. The summed E-state index contributed by atoms with van der Waals surface area (Å²) in [5.74, 6) is 1.02. The molecule has 2 heteroatoms. The molecule has 0 atom stereocenters. The molecule has 2 nitrogen and oxygen atoms in total. The standard InChI is InChI=1S/C15H26N2.C2H6/c1-11(2)13(5)15(16-12(3)4)17-14-9-7-6-8-10-14;1-2/h14,17H,1,6-10H2,2-5H3;1-2H3/b15-13+;. The Hall–Kier alpha value is -1.05. The van der Waals surface area contributed by atoms with Crippen molar-refractivity contribution in [1.82, 2.24) is 5.32 Å². The molecule has 1 rings (SSSR count). The quantitative estimate of drug-likeness (QED) is 0.546. The molecule has 1 aliphatic carbocycles. The molecule has 0 spiro atoms. The van der Waals surface area contributed by atoms with Gasteiger partial charge in [-0.1, -0.05) is 45.3 Å². The van der Waals surface area contributed by atoms with Crippen LogP contribution in [0, 0.1) is 0 Å². The molecule has 0 saturated heterocycles. The van der Waals surface area contributed by atoms with Gasteiger partial charge in [0.2, 0.25) is 0 Å². The number of hydrogen-bond acceptors (Lipinski definition) is 2. The van der Waals surface area contributed by atoms with Crippen molar-refractivity contribution in [1.29, 1.82) is 0 Å². The van der Waals surface area contributed by atoms with Gasteiger partial charge in [-0.25, -0.2) is 4.99 Å². The minimum atomic E-state index is 0.594. The highest BCUT2D eigenvalue weighted by Gasteiger charge is 2.15. The van der Waals surface area contributed by atoms with E-state index in [0.717, 1.165) is 17.1 Å². The molecule has 0 heterocycles. The second kappa shape index (κ2) is 9.82. The Kier molecular flexibility index (Phi) is 9.28. The minimum absolute atomic E-state index is 0.594. The molecule has 1 saturated carbocycles. The minimum Gasteiger partial charge on any atom is -0.367 e. The van der Waals surface area contributed by atoms with Crippen molar-refractivity contribution in [2.24, 2.45) is 4.99 Å². The van der Waals surface area contributed by atoms with Crippen molar-refractivity contribution >= 4 is 5.71 Å². The zero-order valence-corrected chi connectivity index (χ0v) is 13.8. The lowest BCUT2D eigenvalue weighted by molar-refractivity contribution is 0.394. The SMILES string of the molecule is C=C(C)/C(C)=C(\N=C(C)C)NC1CCCCC1.CC. The lowest BCUT2D eigenvalue weighted by Crippen LogP contribution is -2.30. The number of rotatable bonds is 4. The molecule has 0 radical (unpaired) electrons. The van der Waals surface area contributed by atoms with Gasteiger partial charge in [-0.15, -0.1) is 0 Å². The highest BCUT2D eigenvalue weighted by Crippen LogP contribution is 2.20. The summed E-state index contributed by atoms with van der Waals surface area (Å²) in [6.07, 6.45) is 6.60. The van der Waals surface area contributed by atoms with E-state index in [4.69, 9.17) is 0 Å². The maximum absolute atomic E-state index is 4.62.